The molecule has 1 aromatic carbocycles. The summed E-state index contributed by atoms with van der Waals surface area (Å²) in [5, 5.41) is 14.3. The van der Waals surface area contributed by atoms with Crippen LogP contribution in [0, 0.1) is 13.7 Å². The molecule has 2 rings (SSSR count). The Balaban J connectivity index is 2.16. The molecule has 116 valence electrons. The van der Waals surface area contributed by atoms with Gasteiger partial charge in [-0.25, -0.2) is 0 Å². The zero-order chi connectivity index (χ0) is 15.2. The van der Waals surface area contributed by atoms with E-state index in [1.165, 1.54) is 12.8 Å². The molecule has 0 aromatic heterocycles. The van der Waals surface area contributed by atoms with Crippen molar-refractivity contribution in [2.24, 2.45) is 0 Å². The van der Waals surface area contributed by atoms with Crippen molar-refractivity contribution in [3.63, 3.8) is 0 Å². The molecule has 1 aromatic rings. The van der Waals surface area contributed by atoms with Crippen LogP contribution < -0.4 is 10.2 Å². The second-order valence-corrected chi connectivity index (χ2v) is 6.29. The minimum atomic E-state index is -0.357. The molecule has 21 heavy (non-hydrogen) atoms. The van der Waals surface area contributed by atoms with Gasteiger partial charge in [0.25, 0.3) is 5.69 Å². The molecule has 1 fully saturated rings. The fourth-order valence-electron chi connectivity index (χ4n) is 2.56. The lowest BCUT2D eigenvalue weighted by molar-refractivity contribution is -0.384. The van der Waals surface area contributed by atoms with Gasteiger partial charge < -0.3 is 15.0 Å². The number of nitrogens with zero attached hydrogens (tertiary/aromatic N) is 2. The van der Waals surface area contributed by atoms with Crippen molar-refractivity contribution in [2.75, 3.05) is 38.3 Å². The fourth-order valence-corrected chi connectivity index (χ4v) is 3.40. The van der Waals surface area contributed by atoms with Gasteiger partial charge in [-0.05, 0) is 48.0 Å². The average molecular weight is 405 g/mol. The summed E-state index contributed by atoms with van der Waals surface area (Å²) in [6.45, 7) is 3.39. The molecule has 0 radical (unpaired) electrons. The number of benzene rings is 1. The van der Waals surface area contributed by atoms with Crippen LogP contribution in [0.2, 0.25) is 0 Å². The lowest BCUT2D eigenvalue weighted by atomic mass is 10.2. The van der Waals surface area contributed by atoms with Gasteiger partial charge >= 0.3 is 0 Å². The minimum Gasteiger partial charge on any atom is -0.383 e. The maximum absolute atomic E-state index is 10.8. The first-order chi connectivity index (χ1) is 10.1. The van der Waals surface area contributed by atoms with E-state index in [9.17, 15) is 10.1 Å². The van der Waals surface area contributed by atoms with E-state index >= 15 is 0 Å². The van der Waals surface area contributed by atoms with Gasteiger partial charge in [0, 0.05) is 41.9 Å². The third-order valence-corrected chi connectivity index (χ3v) is 4.52. The maximum atomic E-state index is 10.8. The molecule has 1 aliphatic rings. The van der Waals surface area contributed by atoms with E-state index in [4.69, 9.17) is 4.74 Å². The third-order valence-electron chi connectivity index (χ3n) is 3.65. The molecular weight excluding hydrogens is 385 g/mol. The monoisotopic (exact) mass is 405 g/mol. The summed E-state index contributed by atoms with van der Waals surface area (Å²) in [4.78, 5) is 12.7. The van der Waals surface area contributed by atoms with E-state index in [0.29, 0.717) is 12.6 Å². The molecule has 1 N–H and O–H groups in total. The smallest absolute Gasteiger partial charge is 0.270 e. The number of nitro benzene ring substituents is 1. The van der Waals surface area contributed by atoms with E-state index in [2.05, 4.69) is 32.8 Å². The van der Waals surface area contributed by atoms with Gasteiger partial charge in [0.2, 0.25) is 0 Å². The molecule has 0 amide bonds. The molecule has 1 atom stereocenters. The quantitative estimate of drug-likeness (QED) is 0.429. The van der Waals surface area contributed by atoms with Gasteiger partial charge in [-0.2, -0.15) is 0 Å². The van der Waals surface area contributed by atoms with Crippen molar-refractivity contribution >= 4 is 34.0 Å². The summed E-state index contributed by atoms with van der Waals surface area (Å²) in [7, 11) is 1.69. The second-order valence-electron chi connectivity index (χ2n) is 5.12. The van der Waals surface area contributed by atoms with Gasteiger partial charge in [-0.3, -0.25) is 10.1 Å². The maximum Gasteiger partial charge on any atom is 0.270 e. The SMILES string of the molecule is COCCN(CC1CCCN1)c1ccc([N+](=O)[O-])cc1I. The van der Waals surface area contributed by atoms with Crippen molar-refractivity contribution in [3.05, 3.63) is 31.9 Å². The summed E-state index contributed by atoms with van der Waals surface area (Å²) in [6, 6.07) is 5.51. The standard InChI is InChI=1S/C14H20IN3O3/c1-21-8-7-17(10-11-3-2-6-16-11)14-5-4-12(18(19)20)9-13(14)15/h4-5,9,11,16H,2-3,6-8,10H2,1H3. The van der Waals surface area contributed by atoms with Crippen LogP contribution in [0.1, 0.15) is 12.8 Å². The molecular formula is C14H20IN3O3. The molecule has 0 saturated carbocycles. The predicted octanol–water partition coefficient (Wildman–Crippen LogP) is 2.40. The van der Waals surface area contributed by atoms with Crippen LogP contribution in [-0.2, 0) is 4.74 Å². The number of anilines is 1. The van der Waals surface area contributed by atoms with Crippen molar-refractivity contribution < 1.29 is 9.66 Å². The molecule has 6 nitrogen and oxygen atoms in total. The fraction of sp³-hybridized carbons (Fsp3) is 0.571. The Morgan fingerprint density at radius 2 is 2.38 bits per heavy atom. The number of non-ortho nitro benzene ring substituents is 1. The van der Waals surface area contributed by atoms with Crippen LogP contribution in [0.25, 0.3) is 0 Å². The van der Waals surface area contributed by atoms with Crippen LogP contribution >= 0.6 is 22.6 Å². The van der Waals surface area contributed by atoms with E-state index < -0.39 is 0 Å². The average Bonchev–Trinajstić information content (AvgIpc) is 2.96. The number of hydrogen-bond donors (Lipinski definition) is 1. The van der Waals surface area contributed by atoms with Gasteiger partial charge in [0.15, 0.2) is 0 Å². The first-order valence-corrected chi connectivity index (χ1v) is 8.11. The van der Waals surface area contributed by atoms with Crippen LogP contribution in [0.3, 0.4) is 0 Å². The number of halogens is 1. The second kappa shape index (κ2) is 7.90. The lowest BCUT2D eigenvalue weighted by Crippen LogP contribution is -2.39. The van der Waals surface area contributed by atoms with Crippen LogP contribution in [0.5, 0.6) is 0 Å². The Labute approximate surface area is 138 Å². The molecule has 1 saturated heterocycles. The summed E-state index contributed by atoms with van der Waals surface area (Å²) in [6.07, 6.45) is 2.38. The van der Waals surface area contributed by atoms with E-state index in [1.807, 2.05) is 6.07 Å². The van der Waals surface area contributed by atoms with E-state index in [1.54, 1.807) is 19.2 Å². The van der Waals surface area contributed by atoms with Crippen LogP contribution in [0.15, 0.2) is 18.2 Å². The number of nitrogens with one attached hydrogen (secondary N) is 1. The van der Waals surface area contributed by atoms with Crippen LogP contribution in [-0.4, -0.2) is 44.3 Å². The highest BCUT2D eigenvalue weighted by atomic mass is 127. The lowest BCUT2D eigenvalue weighted by Gasteiger charge is -2.28. The Kier molecular flexibility index (Phi) is 6.19. The van der Waals surface area contributed by atoms with Gasteiger partial charge in [-0.15, -0.1) is 0 Å². The topological polar surface area (TPSA) is 67.6 Å². The molecule has 1 aliphatic heterocycles. The van der Waals surface area contributed by atoms with Gasteiger partial charge in [0.05, 0.1) is 17.2 Å². The summed E-state index contributed by atoms with van der Waals surface area (Å²) < 4.78 is 6.09. The van der Waals surface area contributed by atoms with E-state index in [0.717, 1.165) is 28.9 Å². The molecule has 1 heterocycles. The highest BCUT2D eigenvalue weighted by Crippen LogP contribution is 2.27. The number of hydrogen-bond acceptors (Lipinski definition) is 5. The highest BCUT2D eigenvalue weighted by molar-refractivity contribution is 14.1. The summed E-state index contributed by atoms with van der Waals surface area (Å²) in [5.41, 5.74) is 1.17. The molecule has 0 bridgehead atoms. The number of rotatable bonds is 7. The largest absolute Gasteiger partial charge is 0.383 e. The minimum absolute atomic E-state index is 0.133. The first-order valence-electron chi connectivity index (χ1n) is 7.03. The van der Waals surface area contributed by atoms with E-state index in [-0.39, 0.29) is 10.6 Å². The van der Waals surface area contributed by atoms with Crippen LogP contribution in [0.4, 0.5) is 11.4 Å². The zero-order valence-electron chi connectivity index (χ0n) is 12.0. The summed E-state index contributed by atoms with van der Waals surface area (Å²) >= 11 is 2.17. The Hall–Kier alpha value is -0.930. The molecule has 0 spiro atoms. The highest BCUT2D eigenvalue weighted by Gasteiger charge is 2.20. The first kappa shape index (κ1) is 16.4. The molecule has 1 unspecified atom stereocenters. The predicted molar refractivity (Wildman–Crippen MR) is 90.9 cm³/mol. The Morgan fingerprint density at radius 3 is 2.95 bits per heavy atom. The number of ether oxygens (including phenoxy) is 1. The Bertz CT molecular complexity index is 492. The third kappa shape index (κ3) is 4.52. The Morgan fingerprint density at radius 1 is 1.57 bits per heavy atom. The van der Waals surface area contributed by atoms with Crippen molar-refractivity contribution in [3.8, 4) is 0 Å². The molecule has 7 heteroatoms. The van der Waals surface area contributed by atoms with Gasteiger partial charge in [-0.1, -0.05) is 0 Å². The van der Waals surface area contributed by atoms with Crippen molar-refractivity contribution in [1.82, 2.24) is 5.32 Å². The molecule has 0 aliphatic carbocycles. The summed E-state index contributed by atoms with van der Waals surface area (Å²) in [5.74, 6) is 0. The number of nitro groups is 1. The van der Waals surface area contributed by atoms with Gasteiger partial charge in [0.1, 0.15) is 0 Å². The van der Waals surface area contributed by atoms with Crippen molar-refractivity contribution in [1.29, 1.82) is 0 Å². The normalized spacial score (nSPS) is 17.9. The van der Waals surface area contributed by atoms with Crippen molar-refractivity contribution in [2.45, 2.75) is 18.9 Å². The zero-order valence-corrected chi connectivity index (χ0v) is 14.2. The number of methoxy groups -OCH3 is 1.